The van der Waals surface area contributed by atoms with Crippen molar-refractivity contribution in [2.75, 3.05) is 20.6 Å². The number of hydrogen-bond donors (Lipinski definition) is 3. The Bertz CT molecular complexity index is 90.6. The van der Waals surface area contributed by atoms with Crippen LogP contribution in [0.5, 0.6) is 0 Å². The van der Waals surface area contributed by atoms with E-state index in [4.69, 9.17) is 5.73 Å². The van der Waals surface area contributed by atoms with E-state index in [-0.39, 0.29) is 12.5 Å². The quantitative estimate of drug-likeness (QED) is 0.390. The van der Waals surface area contributed by atoms with E-state index in [1.165, 1.54) is 5.12 Å². The third-order valence-corrected chi connectivity index (χ3v) is 0.871. The normalized spacial score (nSPS) is 9.22. The van der Waals surface area contributed by atoms with Crippen LogP contribution in [0.3, 0.4) is 0 Å². The first-order chi connectivity index (χ1) is 4.26. The molecule has 0 aliphatic carbocycles. The summed E-state index contributed by atoms with van der Waals surface area (Å²) in [4.78, 5) is 10.6. The van der Waals surface area contributed by atoms with Crippen molar-refractivity contribution in [3.63, 3.8) is 0 Å². The molecule has 0 bridgehead atoms. The van der Waals surface area contributed by atoms with Crippen LogP contribution >= 0.6 is 0 Å². The van der Waals surface area contributed by atoms with Gasteiger partial charge in [-0.15, -0.1) is 0 Å². The Balaban J connectivity index is 3.64. The standard InChI is InChI=1S/C4H12N4O/c1-6-8(7-2)4(9)3-5/h6-7H,3,5H2,1-2H3. The molecule has 0 heterocycles. The van der Waals surface area contributed by atoms with Gasteiger partial charge in [-0.25, -0.2) is 16.0 Å². The van der Waals surface area contributed by atoms with Gasteiger partial charge in [-0.2, -0.15) is 0 Å². The number of carbonyl (C=O) groups excluding carboxylic acids is 1. The molecule has 1 amide bonds. The summed E-state index contributed by atoms with van der Waals surface area (Å²) in [5.74, 6) is -0.194. The maximum absolute atomic E-state index is 10.6. The number of rotatable bonds is 3. The SMILES string of the molecule is CNN(NC)C(=O)CN. The van der Waals surface area contributed by atoms with Gasteiger partial charge in [-0.05, 0) is 0 Å². The van der Waals surface area contributed by atoms with Crippen molar-refractivity contribution < 1.29 is 4.79 Å². The summed E-state index contributed by atoms with van der Waals surface area (Å²) in [7, 11) is 3.26. The third kappa shape index (κ3) is 2.41. The van der Waals surface area contributed by atoms with Crippen LogP contribution in [0.4, 0.5) is 0 Å². The van der Waals surface area contributed by atoms with Gasteiger partial charge < -0.3 is 5.73 Å². The van der Waals surface area contributed by atoms with Gasteiger partial charge in [0.1, 0.15) is 0 Å². The summed E-state index contributed by atoms with van der Waals surface area (Å²) < 4.78 is 0. The summed E-state index contributed by atoms with van der Waals surface area (Å²) in [5, 5.41) is 1.21. The molecule has 0 unspecified atom stereocenters. The van der Waals surface area contributed by atoms with Gasteiger partial charge in [0.05, 0.1) is 6.54 Å². The molecule has 0 saturated heterocycles. The lowest BCUT2D eigenvalue weighted by molar-refractivity contribution is -0.135. The Morgan fingerprint density at radius 1 is 1.56 bits per heavy atom. The lowest BCUT2D eigenvalue weighted by Gasteiger charge is -2.17. The Morgan fingerprint density at radius 3 is 2.11 bits per heavy atom. The molecule has 5 nitrogen and oxygen atoms in total. The predicted octanol–water partition coefficient (Wildman–Crippen LogP) is -1.96. The van der Waals surface area contributed by atoms with Crippen molar-refractivity contribution in [1.29, 1.82) is 0 Å². The highest BCUT2D eigenvalue weighted by molar-refractivity contribution is 5.76. The third-order valence-electron chi connectivity index (χ3n) is 0.871. The highest BCUT2D eigenvalue weighted by Gasteiger charge is 2.04. The highest BCUT2D eigenvalue weighted by atomic mass is 16.2. The van der Waals surface area contributed by atoms with Gasteiger partial charge in [0.25, 0.3) is 5.91 Å². The van der Waals surface area contributed by atoms with Crippen LogP contribution in [0.1, 0.15) is 0 Å². The van der Waals surface area contributed by atoms with Gasteiger partial charge in [0.15, 0.2) is 0 Å². The van der Waals surface area contributed by atoms with Gasteiger partial charge in [0.2, 0.25) is 0 Å². The first-order valence-corrected chi connectivity index (χ1v) is 2.64. The fourth-order valence-corrected chi connectivity index (χ4v) is 0.452. The fraction of sp³-hybridized carbons (Fsp3) is 0.750. The van der Waals surface area contributed by atoms with Crippen LogP contribution in [0, 0.1) is 0 Å². The number of carbonyl (C=O) groups is 1. The largest absolute Gasteiger partial charge is 0.322 e. The predicted molar refractivity (Wildman–Crippen MR) is 34.0 cm³/mol. The lowest BCUT2D eigenvalue weighted by atomic mass is 10.6. The Labute approximate surface area is 54.1 Å². The van der Waals surface area contributed by atoms with E-state index in [0.29, 0.717) is 0 Å². The second-order valence-electron chi connectivity index (χ2n) is 1.38. The number of hydrazine groups is 2. The van der Waals surface area contributed by atoms with E-state index >= 15 is 0 Å². The number of nitrogens with one attached hydrogen (secondary N) is 2. The smallest absolute Gasteiger partial charge is 0.265 e. The van der Waals surface area contributed by atoms with Crippen molar-refractivity contribution in [3.8, 4) is 0 Å². The zero-order chi connectivity index (χ0) is 7.28. The number of nitrogens with zero attached hydrogens (tertiary/aromatic N) is 1. The second-order valence-corrected chi connectivity index (χ2v) is 1.38. The van der Waals surface area contributed by atoms with E-state index in [1.54, 1.807) is 14.1 Å². The summed E-state index contributed by atoms with van der Waals surface area (Å²) in [6.07, 6.45) is 0. The van der Waals surface area contributed by atoms with Crippen LogP contribution in [0.25, 0.3) is 0 Å². The van der Waals surface area contributed by atoms with Gasteiger partial charge in [-0.1, -0.05) is 0 Å². The van der Waals surface area contributed by atoms with Crippen LogP contribution in [-0.4, -0.2) is 31.7 Å². The van der Waals surface area contributed by atoms with Crippen molar-refractivity contribution in [2.45, 2.75) is 0 Å². The minimum absolute atomic E-state index is 0.00167. The topological polar surface area (TPSA) is 70.4 Å². The zero-order valence-corrected chi connectivity index (χ0v) is 5.64. The molecule has 0 radical (unpaired) electrons. The number of amides is 1. The number of nitrogens with two attached hydrogens (primary N) is 1. The van der Waals surface area contributed by atoms with Crippen molar-refractivity contribution in [3.05, 3.63) is 0 Å². The summed E-state index contributed by atoms with van der Waals surface area (Å²) in [6, 6.07) is 0. The maximum atomic E-state index is 10.6. The molecule has 0 spiro atoms. The molecule has 9 heavy (non-hydrogen) atoms. The highest BCUT2D eigenvalue weighted by Crippen LogP contribution is 1.70. The minimum atomic E-state index is -0.194. The Morgan fingerprint density at radius 2 is 2.00 bits per heavy atom. The second kappa shape index (κ2) is 4.25. The molecule has 54 valence electrons. The van der Waals surface area contributed by atoms with Gasteiger partial charge >= 0.3 is 0 Å². The lowest BCUT2D eigenvalue weighted by Crippen LogP contribution is -2.50. The van der Waals surface area contributed by atoms with E-state index in [0.717, 1.165) is 0 Å². The first kappa shape index (κ1) is 8.35. The molecule has 0 aromatic carbocycles. The van der Waals surface area contributed by atoms with Crippen LogP contribution in [0.2, 0.25) is 0 Å². The molecule has 4 N–H and O–H groups in total. The van der Waals surface area contributed by atoms with E-state index in [9.17, 15) is 4.79 Å². The molecular formula is C4H12N4O. The van der Waals surface area contributed by atoms with Crippen molar-refractivity contribution >= 4 is 5.91 Å². The van der Waals surface area contributed by atoms with E-state index in [2.05, 4.69) is 10.9 Å². The van der Waals surface area contributed by atoms with Gasteiger partial charge in [-0.3, -0.25) is 4.79 Å². The molecule has 5 heteroatoms. The van der Waals surface area contributed by atoms with Crippen LogP contribution < -0.4 is 16.6 Å². The molecule has 0 rings (SSSR count). The molecule has 0 aliphatic heterocycles. The molecule has 0 saturated carbocycles. The molecule has 0 aromatic heterocycles. The summed E-state index contributed by atoms with van der Waals surface area (Å²) in [6.45, 7) is 0.00167. The van der Waals surface area contributed by atoms with Crippen LogP contribution in [0.15, 0.2) is 0 Å². The Kier molecular flexibility index (Phi) is 3.94. The summed E-state index contributed by atoms with van der Waals surface area (Å²) in [5.41, 5.74) is 10.2. The van der Waals surface area contributed by atoms with Gasteiger partial charge in [0, 0.05) is 14.1 Å². The van der Waals surface area contributed by atoms with Crippen LogP contribution in [-0.2, 0) is 4.79 Å². The van der Waals surface area contributed by atoms with Crippen molar-refractivity contribution in [1.82, 2.24) is 16.0 Å². The summed E-state index contributed by atoms with van der Waals surface area (Å²) >= 11 is 0. The number of hydrogen-bond acceptors (Lipinski definition) is 4. The molecule has 0 atom stereocenters. The van der Waals surface area contributed by atoms with Crippen molar-refractivity contribution in [2.24, 2.45) is 5.73 Å². The van der Waals surface area contributed by atoms with E-state index < -0.39 is 0 Å². The molecule has 0 aliphatic rings. The Hall–Kier alpha value is -0.650. The molecule has 0 fully saturated rings. The van der Waals surface area contributed by atoms with E-state index in [1.807, 2.05) is 0 Å². The monoisotopic (exact) mass is 132 g/mol. The average molecular weight is 132 g/mol. The molecule has 0 aromatic rings. The first-order valence-electron chi connectivity index (χ1n) is 2.64. The molecular weight excluding hydrogens is 120 g/mol. The zero-order valence-electron chi connectivity index (χ0n) is 5.64. The fourth-order valence-electron chi connectivity index (χ4n) is 0.452. The minimum Gasteiger partial charge on any atom is -0.322 e. The maximum Gasteiger partial charge on any atom is 0.265 e. The average Bonchev–Trinajstić information content (AvgIpc) is 1.90.